The highest BCUT2D eigenvalue weighted by atomic mass is 32.2. The van der Waals surface area contributed by atoms with E-state index < -0.39 is 26.6 Å². The number of nitrogens with zero attached hydrogens (tertiary/aromatic N) is 1. The van der Waals surface area contributed by atoms with Crippen molar-refractivity contribution < 1.29 is 22.0 Å². The molecule has 2 aromatic carbocycles. The second-order valence-corrected chi connectivity index (χ2v) is 7.40. The Bertz CT molecular complexity index is 1090. The maximum atomic E-state index is 13.3. The third-order valence-corrected chi connectivity index (χ3v) is 5.15. The van der Waals surface area contributed by atoms with Crippen LogP contribution in [0, 0.1) is 11.6 Å². The molecule has 0 radical (unpaired) electrons. The van der Waals surface area contributed by atoms with Crippen molar-refractivity contribution in [1.29, 1.82) is 0 Å². The highest BCUT2D eigenvalue weighted by Crippen LogP contribution is 2.20. The summed E-state index contributed by atoms with van der Waals surface area (Å²) in [6, 6.07) is 11.6. The average molecular weight is 391 g/mol. The molecule has 140 valence electrons. The van der Waals surface area contributed by atoms with Gasteiger partial charge in [0.1, 0.15) is 5.69 Å². The molecule has 3 rings (SSSR count). The van der Waals surface area contributed by atoms with Crippen LogP contribution in [0.4, 0.5) is 20.2 Å². The quantitative estimate of drug-likeness (QED) is 0.700. The molecule has 0 aliphatic heterocycles. The van der Waals surface area contributed by atoms with Gasteiger partial charge in [-0.25, -0.2) is 17.2 Å². The summed E-state index contributed by atoms with van der Waals surface area (Å²) in [5.41, 5.74) is 1.15. The first-order valence-corrected chi connectivity index (χ1v) is 9.25. The van der Waals surface area contributed by atoms with Gasteiger partial charge in [-0.05, 0) is 54.6 Å². The maximum absolute atomic E-state index is 13.3. The van der Waals surface area contributed by atoms with Gasteiger partial charge in [-0.1, -0.05) is 0 Å². The first kappa shape index (κ1) is 18.6. The predicted molar refractivity (Wildman–Crippen MR) is 97.0 cm³/mol. The molecule has 2 N–H and O–H groups in total. The van der Waals surface area contributed by atoms with Crippen molar-refractivity contribution in [3.8, 4) is 0 Å². The van der Waals surface area contributed by atoms with E-state index in [4.69, 9.17) is 0 Å². The SMILES string of the molecule is Cn1cccc1C(=O)Nc1ccc(NS(=O)(=O)c2ccc(F)c(F)c2)cc1. The molecular weight excluding hydrogens is 376 g/mol. The third-order valence-electron chi connectivity index (χ3n) is 3.77. The number of carbonyl (C=O) groups is 1. The Labute approximate surface area is 154 Å². The van der Waals surface area contributed by atoms with Crippen LogP contribution in [0.15, 0.2) is 65.7 Å². The van der Waals surface area contributed by atoms with Crippen LogP contribution in [0.2, 0.25) is 0 Å². The summed E-state index contributed by atoms with van der Waals surface area (Å²) in [6.07, 6.45) is 1.74. The summed E-state index contributed by atoms with van der Waals surface area (Å²) in [5, 5.41) is 2.69. The van der Waals surface area contributed by atoms with E-state index in [1.165, 1.54) is 24.3 Å². The Morgan fingerprint density at radius 2 is 1.63 bits per heavy atom. The van der Waals surface area contributed by atoms with Crippen molar-refractivity contribution in [1.82, 2.24) is 4.57 Å². The van der Waals surface area contributed by atoms with Gasteiger partial charge in [-0.15, -0.1) is 0 Å². The first-order valence-electron chi connectivity index (χ1n) is 7.77. The molecule has 0 fully saturated rings. The average Bonchev–Trinajstić information content (AvgIpc) is 3.05. The summed E-state index contributed by atoms with van der Waals surface area (Å²) in [4.78, 5) is 11.7. The fraction of sp³-hybridized carbons (Fsp3) is 0.0556. The lowest BCUT2D eigenvalue weighted by molar-refractivity contribution is 0.101. The largest absolute Gasteiger partial charge is 0.347 e. The number of amides is 1. The molecule has 6 nitrogen and oxygen atoms in total. The second-order valence-electron chi connectivity index (χ2n) is 5.72. The highest BCUT2D eigenvalue weighted by Gasteiger charge is 2.17. The van der Waals surface area contributed by atoms with Crippen LogP contribution < -0.4 is 10.0 Å². The monoisotopic (exact) mass is 391 g/mol. The maximum Gasteiger partial charge on any atom is 0.272 e. The minimum absolute atomic E-state index is 0.205. The van der Waals surface area contributed by atoms with Crippen molar-refractivity contribution in [3.05, 3.63) is 78.1 Å². The molecule has 0 saturated heterocycles. The molecule has 0 spiro atoms. The number of carbonyl (C=O) groups excluding carboxylic acids is 1. The molecule has 0 aliphatic carbocycles. The van der Waals surface area contributed by atoms with Crippen LogP contribution >= 0.6 is 0 Å². The lowest BCUT2D eigenvalue weighted by atomic mass is 10.3. The molecule has 1 amide bonds. The van der Waals surface area contributed by atoms with Crippen LogP contribution in [-0.2, 0) is 17.1 Å². The number of aromatic nitrogens is 1. The van der Waals surface area contributed by atoms with Gasteiger partial charge < -0.3 is 9.88 Å². The van der Waals surface area contributed by atoms with Crippen molar-refractivity contribution in [2.45, 2.75) is 4.90 Å². The molecule has 0 unspecified atom stereocenters. The molecule has 9 heteroatoms. The van der Waals surface area contributed by atoms with Crippen molar-refractivity contribution >= 4 is 27.3 Å². The number of benzene rings is 2. The van der Waals surface area contributed by atoms with Gasteiger partial charge in [0.15, 0.2) is 11.6 Å². The number of nitrogens with one attached hydrogen (secondary N) is 2. The van der Waals surface area contributed by atoms with E-state index in [0.29, 0.717) is 17.4 Å². The summed E-state index contributed by atoms with van der Waals surface area (Å²) < 4.78 is 54.6. The normalized spacial score (nSPS) is 11.2. The van der Waals surface area contributed by atoms with Gasteiger partial charge >= 0.3 is 0 Å². The van der Waals surface area contributed by atoms with E-state index in [0.717, 1.165) is 12.1 Å². The minimum Gasteiger partial charge on any atom is -0.347 e. The number of anilines is 2. The number of hydrogen-bond acceptors (Lipinski definition) is 3. The molecule has 0 aliphatic rings. The molecular formula is C18H15F2N3O3S. The lowest BCUT2D eigenvalue weighted by Gasteiger charge is -2.10. The third kappa shape index (κ3) is 4.14. The molecule has 0 bridgehead atoms. The van der Waals surface area contributed by atoms with Crippen molar-refractivity contribution in [2.24, 2.45) is 7.05 Å². The van der Waals surface area contributed by atoms with Crippen molar-refractivity contribution in [3.63, 3.8) is 0 Å². The Hall–Kier alpha value is -3.20. The van der Waals surface area contributed by atoms with Crippen LogP contribution in [0.1, 0.15) is 10.5 Å². The van der Waals surface area contributed by atoms with E-state index in [1.54, 1.807) is 29.9 Å². The molecule has 3 aromatic rings. The number of hydrogen-bond donors (Lipinski definition) is 2. The smallest absolute Gasteiger partial charge is 0.272 e. The molecule has 27 heavy (non-hydrogen) atoms. The van der Waals surface area contributed by atoms with Crippen LogP contribution in [0.25, 0.3) is 0 Å². The van der Waals surface area contributed by atoms with Crippen LogP contribution in [0.5, 0.6) is 0 Å². The standard InChI is InChI=1S/C18H15F2N3O3S/c1-23-10-2-3-17(23)18(24)21-12-4-6-13(7-5-12)22-27(25,26)14-8-9-15(19)16(20)11-14/h2-11,22H,1H3,(H,21,24). The van der Waals surface area contributed by atoms with E-state index in [9.17, 15) is 22.0 Å². The Morgan fingerprint density at radius 1 is 0.963 bits per heavy atom. The zero-order valence-electron chi connectivity index (χ0n) is 14.1. The number of rotatable bonds is 5. The van der Waals surface area contributed by atoms with Crippen LogP contribution in [-0.4, -0.2) is 18.9 Å². The number of sulfonamides is 1. The lowest BCUT2D eigenvalue weighted by Crippen LogP contribution is -2.15. The van der Waals surface area contributed by atoms with Gasteiger partial charge in [0, 0.05) is 24.6 Å². The Morgan fingerprint density at radius 3 is 2.22 bits per heavy atom. The molecule has 0 atom stereocenters. The Balaban J connectivity index is 1.72. The second kappa shape index (κ2) is 7.20. The summed E-state index contributed by atoms with van der Waals surface area (Å²) in [5.74, 6) is -2.69. The zero-order chi connectivity index (χ0) is 19.6. The summed E-state index contributed by atoms with van der Waals surface area (Å²) in [6.45, 7) is 0. The topological polar surface area (TPSA) is 80.2 Å². The van der Waals surface area contributed by atoms with Gasteiger partial charge in [-0.2, -0.15) is 0 Å². The van der Waals surface area contributed by atoms with Gasteiger partial charge in [0.2, 0.25) is 0 Å². The van der Waals surface area contributed by atoms with E-state index in [2.05, 4.69) is 10.0 Å². The van der Waals surface area contributed by atoms with E-state index in [-0.39, 0.29) is 11.6 Å². The number of halogens is 2. The van der Waals surface area contributed by atoms with E-state index in [1.807, 2.05) is 0 Å². The first-order chi connectivity index (χ1) is 12.8. The molecule has 1 heterocycles. The van der Waals surface area contributed by atoms with Crippen molar-refractivity contribution in [2.75, 3.05) is 10.0 Å². The fourth-order valence-electron chi connectivity index (χ4n) is 2.37. The molecule has 1 aromatic heterocycles. The summed E-state index contributed by atoms with van der Waals surface area (Å²) in [7, 11) is -2.34. The minimum atomic E-state index is -4.08. The number of aryl methyl sites for hydroxylation is 1. The zero-order valence-corrected chi connectivity index (χ0v) is 14.9. The fourth-order valence-corrected chi connectivity index (χ4v) is 3.44. The van der Waals surface area contributed by atoms with Gasteiger partial charge in [0.05, 0.1) is 4.90 Å². The Kier molecular flexibility index (Phi) is 4.95. The highest BCUT2D eigenvalue weighted by molar-refractivity contribution is 7.92. The van der Waals surface area contributed by atoms with Crippen LogP contribution in [0.3, 0.4) is 0 Å². The molecule has 0 saturated carbocycles. The van der Waals surface area contributed by atoms with Gasteiger partial charge in [-0.3, -0.25) is 9.52 Å². The predicted octanol–water partition coefficient (Wildman–Crippen LogP) is 3.36. The summed E-state index contributed by atoms with van der Waals surface area (Å²) >= 11 is 0. The van der Waals surface area contributed by atoms with E-state index >= 15 is 0 Å². The van der Waals surface area contributed by atoms with Gasteiger partial charge in [0.25, 0.3) is 15.9 Å².